The van der Waals surface area contributed by atoms with Crippen LogP contribution in [0.1, 0.15) is 39.5 Å². The maximum absolute atomic E-state index is 12.9. The van der Waals surface area contributed by atoms with Gasteiger partial charge in [0.15, 0.2) is 5.78 Å². The number of carbonyl (C=O) groups is 1. The van der Waals surface area contributed by atoms with Crippen molar-refractivity contribution in [3.8, 4) is 5.75 Å². The van der Waals surface area contributed by atoms with E-state index in [-0.39, 0.29) is 11.8 Å². The van der Waals surface area contributed by atoms with E-state index in [1.807, 2.05) is 36.4 Å². The van der Waals surface area contributed by atoms with Gasteiger partial charge in [0.2, 0.25) is 0 Å². The Morgan fingerprint density at radius 3 is 1.96 bits per heavy atom. The average Bonchev–Trinajstić information content (AvgIpc) is 2.70. The molecule has 0 unspecified atom stereocenters. The molecule has 3 heteroatoms. The normalized spacial score (nSPS) is 11.7. The standard InChI is InChI=1S/C24H25NO2/c1-17-4-8-19(9-5-17)23(25-21-12-6-18(2)7-13-21)16-24(26)20-10-14-22(27-3)15-11-20/h4-15,23,25H,16H2,1-3H3/t23-/m0/s1. The van der Waals surface area contributed by atoms with Crippen LogP contribution in [0.4, 0.5) is 5.69 Å². The Bertz CT molecular complexity index is 881. The number of methoxy groups -OCH3 is 1. The Kier molecular flexibility index (Phi) is 5.92. The first-order valence-electron chi connectivity index (χ1n) is 9.12. The summed E-state index contributed by atoms with van der Waals surface area (Å²) in [7, 11) is 1.62. The maximum atomic E-state index is 12.9. The van der Waals surface area contributed by atoms with Crippen molar-refractivity contribution >= 4 is 11.5 Å². The molecule has 3 aromatic carbocycles. The van der Waals surface area contributed by atoms with E-state index in [0.29, 0.717) is 12.0 Å². The SMILES string of the molecule is COc1ccc(C(=O)C[C@H](Nc2ccc(C)cc2)c2ccc(C)cc2)cc1. The molecule has 0 aliphatic carbocycles. The smallest absolute Gasteiger partial charge is 0.165 e. The third-order valence-electron chi connectivity index (χ3n) is 4.67. The van der Waals surface area contributed by atoms with Gasteiger partial charge in [-0.25, -0.2) is 0 Å². The van der Waals surface area contributed by atoms with Crippen LogP contribution in [0.25, 0.3) is 0 Å². The van der Waals surface area contributed by atoms with Crippen LogP contribution in [-0.4, -0.2) is 12.9 Å². The van der Waals surface area contributed by atoms with Gasteiger partial charge < -0.3 is 10.1 Å². The van der Waals surface area contributed by atoms with E-state index in [2.05, 4.69) is 55.6 Å². The lowest BCUT2D eigenvalue weighted by Crippen LogP contribution is -2.16. The monoisotopic (exact) mass is 359 g/mol. The minimum atomic E-state index is -0.0945. The van der Waals surface area contributed by atoms with E-state index in [9.17, 15) is 4.79 Å². The van der Waals surface area contributed by atoms with E-state index in [0.717, 1.165) is 17.0 Å². The molecule has 3 aromatic rings. The van der Waals surface area contributed by atoms with Crippen molar-refractivity contribution in [1.29, 1.82) is 0 Å². The Labute approximate surface area is 161 Å². The fourth-order valence-corrected chi connectivity index (χ4v) is 2.98. The van der Waals surface area contributed by atoms with Crippen LogP contribution in [-0.2, 0) is 0 Å². The fourth-order valence-electron chi connectivity index (χ4n) is 2.98. The third-order valence-corrected chi connectivity index (χ3v) is 4.67. The Hall–Kier alpha value is -3.07. The molecule has 1 atom stereocenters. The molecular weight excluding hydrogens is 334 g/mol. The highest BCUT2D eigenvalue weighted by atomic mass is 16.5. The van der Waals surface area contributed by atoms with Gasteiger partial charge in [-0.3, -0.25) is 4.79 Å². The number of ether oxygens (including phenoxy) is 1. The minimum absolute atomic E-state index is 0.0945. The van der Waals surface area contributed by atoms with Crippen LogP contribution in [0.5, 0.6) is 5.75 Å². The minimum Gasteiger partial charge on any atom is -0.497 e. The van der Waals surface area contributed by atoms with Crippen molar-refractivity contribution in [1.82, 2.24) is 0 Å². The molecule has 0 aliphatic rings. The highest BCUT2D eigenvalue weighted by molar-refractivity contribution is 5.96. The summed E-state index contributed by atoms with van der Waals surface area (Å²) in [5, 5.41) is 3.52. The summed E-state index contributed by atoms with van der Waals surface area (Å²) in [6, 6.07) is 23.8. The predicted octanol–water partition coefficient (Wildman–Crippen LogP) is 5.74. The summed E-state index contributed by atoms with van der Waals surface area (Å²) in [4.78, 5) is 12.9. The number of hydrogen-bond acceptors (Lipinski definition) is 3. The van der Waals surface area contributed by atoms with Crippen molar-refractivity contribution in [3.63, 3.8) is 0 Å². The molecule has 0 bridgehead atoms. The van der Waals surface area contributed by atoms with E-state index in [1.165, 1.54) is 11.1 Å². The number of hydrogen-bond donors (Lipinski definition) is 1. The lowest BCUT2D eigenvalue weighted by molar-refractivity contribution is 0.0976. The number of carbonyl (C=O) groups excluding carboxylic acids is 1. The van der Waals surface area contributed by atoms with Crippen LogP contribution >= 0.6 is 0 Å². The molecule has 3 rings (SSSR count). The number of benzene rings is 3. The second-order valence-corrected chi connectivity index (χ2v) is 6.83. The van der Waals surface area contributed by atoms with Crippen LogP contribution in [0.15, 0.2) is 72.8 Å². The molecule has 0 saturated heterocycles. The van der Waals surface area contributed by atoms with Gasteiger partial charge in [0.25, 0.3) is 0 Å². The lowest BCUT2D eigenvalue weighted by Gasteiger charge is -2.20. The molecule has 0 saturated carbocycles. The molecule has 0 radical (unpaired) electrons. The zero-order chi connectivity index (χ0) is 19.2. The Morgan fingerprint density at radius 1 is 0.852 bits per heavy atom. The quantitative estimate of drug-likeness (QED) is 0.547. The number of nitrogens with one attached hydrogen (secondary N) is 1. The number of anilines is 1. The molecule has 138 valence electrons. The Morgan fingerprint density at radius 2 is 1.41 bits per heavy atom. The zero-order valence-electron chi connectivity index (χ0n) is 16.0. The molecule has 0 amide bonds. The zero-order valence-corrected chi connectivity index (χ0v) is 16.0. The van der Waals surface area contributed by atoms with Crippen molar-refractivity contribution in [2.45, 2.75) is 26.3 Å². The first-order chi connectivity index (χ1) is 13.0. The summed E-state index contributed by atoms with van der Waals surface area (Å²) in [6.45, 7) is 4.13. The first-order valence-corrected chi connectivity index (χ1v) is 9.12. The van der Waals surface area contributed by atoms with Crippen LogP contribution in [0, 0.1) is 13.8 Å². The summed E-state index contributed by atoms with van der Waals surface area (Å²) in [6.07, 6.45) is 0.378. The first kappa shape index (κ1) is 18.7. The van der Waals surface area contributed by atoms with E-state index in [1.54, 1.807) is 7.11 Å². The summed E-state index contributed by atoms with van der Waals surface area (Å²) < 4.78 is 5.18. The average molecular weight is 359 g/mol. The van der Waals surface area contributed by atoms with Gasteiger partial charge in [0, 0.05) is 17.7 Å². The van der Waals surface area contributed by atoms with E-state index < -0.39 is 0 Å². The molecule has 0 aliphatic heterocycles. The summed E-state index contributed by atoms with van der Waals surface area (Å²) >= 11 is 0. The maximum Gasteiger partial charge on any atom is 0.165 e. The summed E-state index contributed by atoms with van der Waals surface area (Å²) in [5.41, 5.74) is 5.21. The lowest BCUT2D eigenvalue weighted by atomic mass is 9.96. The van der Waals surface area contributed by atoms with Gasteiger partial charge in [-0.15, -0.1) is 0 Å². The molecule has 0 fully saturated rings. The van der Waals surface area contributed by atoms with Crippen LogP contribution in [0.2, 0.25) is 0 Å². The molecule has 3 nitrogen and oxygen atoms in total. The van der Waals surface area contributed by atoms with Gasteiger partial charge in [0.05, 0.1) is 13.2 Å². The molecule has 0 aromatic heterocycles. The van der Waals surface area contributed by atoms with Crippen LogP contribution < -0.4 is 10.1 Å². The largest absolute Gasteiger partial charge is 0.497 e. The van der Waals surface area contributed by atoms with Gasteiger partial charge in [0.1, 0.15) is 5.75 Å². The van der Waals surface area contributed by atoms with Crippen molar-refractivity contribution in [2.75, 3.05) is 12.4 Å². The molecular formula is C24H25NO2. The molecule has 27 heavy (non-hydrogen) atoms. The second kappa shape index (κ2) is 8.54. The highest BCUT2D eigenvalue weighted by Crippen LogP contribution is 2.25. The molecule has 0 heterocycles. The van der Waals surface area contributed by atoms with E-state index >= 15 is 0 Å². The van der Waals surface area contributed by atoms with Crippen LogP contribution in [0.3, 0.4) is 0 Å². The number of ketones is 1. The molecule has 1 N–H and O–H groups in total. The van der Waals surface area contributed by atoms with Crippen molar-refractivity contribution in [2.24, 2.45) is 0 Å². The number of aryl methyl sites for hydroxylation is 2. The fraction of sp³-hybridized carbons (Fsp3) is 0.208. The topological polar surface area (TPSA) is 38.3 Å². The highest BCUT2D eigenvalue weighted by Gasteiger charge is 2.17. The van der Waals surface area contributed by atoms with Crippen molar-refractivity contribution in [3.05, 3.63) is 95.1 Å². The van der Waals surface area contributed by atoms with Gasteiger partial charge in [-0.2, -0.15) is 0 Å². The van der Waals surface area contributed by atoms with E-state index in [4.69, 9.17) is 4.74 Å². The van der Waals surface area contributed by atoms with Crippen molar-refractivity contribution < 1.29 is 9.53 Å². The predicted molar refractivity (Wildman–Crippen MR) is 111 cm³/mol. The van der Waals surface area contributed by atoms with Gasteiger partial charge in [-0.05, 0) is 55.8 Å². The van der Waals surface area contributed by atoms with Gasteiger partial charge >= 0.3 is 0 Å². The Balaban J connectivity index is 1.82. The second-order valence-electron chi connectivity index (χ2n) is 6.83. The number of Topliss-reactive ketones (excluding diaryl/α,β-unsaturated/α-hetero) is 1. The molecule has 0 spiro atoms. The third kappa shape index (κ3) is 4.98. The van der Waals surface area contributed by atoms with Gasteiger partial charge in [-0.1, -0.05) is 47.5 Å². The summed E-state index contributed by atoms with van der Waals surface area (Å²) in [5.74, 6) is 0.849. The number of rotatable bonds is 7.